The summed E-state index contributed by atoms with van der Waals surface area (Å²) in [4.78, 5) is 10.8. The maximum Gasteiger partial charge on any atom is 0.250 e. The Morgan fingerprint density at radius 3 is 2.58 bits per heavy atom. The van der Waals surface area contributed by atoms with Gasteiger partial charge in [0.05, 0.1) is 5.56 Å². The van der Waals surface area contributed by atoms with Crippen LogP contribution < -0.4 is 5.73 Å². The highest BCUT2D eigenvalue weighted by atomic mass is 79.9. The molecule has 0 atom stereocenters. The zero-order valence-corrected chi connectivity index (χ0v) is 7.98. The van der Waals surface area contributed by atoms with Crippen LogP contribution in [0, 0.1) is 12.7 Å². The summed E-state index contributed by atoms with van der Waals surface area (Å²) < 4.78 is 13.1. The number of amides is 1. The summed E-state index contributed by atoms with van der Waals surface area (Å²) in [6.45, 7) is 1.63. The molecule has 0 heterocycles. The van der Waals surface area contributed by atoms with Crippen LogP contribution in [-0.4, -0.2) is 5.91 Å². The third kappa shape index (κ3) is 1.64. The molecular formula is C8H7BrFNO. The first kappa shape index (κ1) is 9.19. The summed E-state index contributed by atoms with van der Waals surface area (Å²) in [6.07, 6.45) is 0. The average Bonchev–Trinajstić information content (AvgIpc) is 1.82. The summed E-state index contributed by atoms with van der Waals surface area (Å²) in [6, 6.07) is 2.48. The Kier molecular flexibility index (Phi) is 2.47. The monoisotopic (exact) mass is 231 g/mol. The lowest BCUT2D eigenvalue weighted by Crippen LogP contribution is -2.13. The topological polar surface area (TPSA) is 43.1 Å². The quantitative estimate of drug-likeness (QED) is 0.790. The fourth-order valence-corrected chi connectivity index (χ4v) is 1.74. The van der Waals surface area contributed by atoms with Gasteiger partial charge in [-0.2, -0.15) is 0 Å². The Morgan fingerprint density at radius 2 is 2.17 bits per heavy atom. The van der Waals surface area contributed by atoms with Gasteiger partial charge in [-0.25, -0.2) is 4.39 Å². The fraction of sp³-hybridized carbons (Fsp3) is 0.125. The number of hydrogen-bond donors (Lipinski definition) is 1. The Labute approximate surface area is 77.7 Å². The molecule has 1 aromatic rings. The molecule has 0 aliphatic carbocycles. The molecule has 0 unspecified atom stereocenters. The predicted octanol–water partition coefficient (Wildman–Crippen LogP) is 2.00. The van der Waals surface area contributed by atoms with E-state index in [-0.39, 0.29) is 5.82 Å². The molecule has 12 heavy (non-hydrogen) atoms. The molecule has 2 N–H and O–H groups in total. The van der Waals surface area contributed by atoms with E-state index in [0.29, 0.717) is 15.6 Å². The first-order valence-electron chi connectivity index (χ1n) is 3.28. The van der Waals surface area contributed by atoms with Crippen molar-refractivity contribution in [2.75, 3.05) is 0 Å². The van der Waals surface area contributed by atoms with Crippen LogP contribution in [0.5, 0.6) is 0 Å². The largest absolute Gasteiger partial charge is 0.366 e. The number of carbonyl (C=O) groups excluding carboxylic acids is 1. The van der Waals surface area contributed by atoms with Gasteiger partial charge in [0, 0.05) is 4.47 Å². The van der Waals surface area contributed by atoms with E-state index in [0.717, 1.165) is 0 Å². The minimum atomic E-state index is -0.556. The second kappa shape index (κ2) is 3.23. The zero-order valence-electron chi connectivity index (χ0n) is 6.40. The van der Waals surface area contributed by atoms with Gasteiger partial charge in [0.2, 0.25) is 5.91 Å². The Morgan fingerprint density at radius 1 is 1.58 bits per heavy atom. The highest BCUT2D eigenvalue weighted by molar-refractivity contribution is 9.10. The van der Waals surface area contributed by atoms with Crippen LogP contribution in [0.25, 0.3) is 0 Å². The van der Waals surface area contributed by atoms with Gasteiger partial charge in [-0.05, 0) is 40.5 Å². The van der Waals surface area contributed by atoms with E-state index >= 15 is 0 Å². The lowest BCUT2D eigenvalue weighted by atomic mass is 10.1. The van der Waals surface area contributed by atoms with Crippen molar-refractivity contribution in [1.29, 1.82) is 0 Å². The van der Waals surface area contributed by atoms with Gasteiger partial charge < -0.3 is 5.73 Å². The van der Waals surface area contributed by atoms with E-state index in [1.54, 1.807) is 6.92 Å². The predicted molar refractivity (Wildman–Crippen MR) is 47.4 cm³/mol. The highest BCUT2D eigenvalue weighted by Crippen LogP contribution is 2.21. The van der Waals surface area contributed by atoms with Gasteiger partial charge >= 0.3 is 0 Å². The molecule has 1 rings (SSSR count). The fourth-order valence-electron chi connectivity index (χ4n) is 1.01. The van der Waals surface area contributed by atoms with Crippen molar-refractivity contribution in [2.24, 2.45) is 5.73 Å². The number of benzene rings is 1. The van der Waals surface area contributed by atoms with E-state index < -0.39 is 5.91 Å². The maximum atomic E-state index is 12.7. The zero-order chi connectivity index (χ0) is 9.30. The first-order valence-corrected chi connectivity index (χ1v) is 4.07. The number of hydrogen-bond acceptors (Lipinski definition) is 1. The van der Waals surface area contributed by atoms with Gasteiger partial charge in [0.25, 0.3) is 0 Å². The van der Waals surface area contributed by atoms with Crippen molar-refractivity contribution in [2.45, 2.75) is 6.92 Å². The summed E-state index contributed by atoms with van der Waals surface area (Å²) in [5.74, 6) is -0.941. The van der Waals surface area contributed by atoms with Crippen LogP contribution in [0.2, 0.25) is 0 Å². The van der Waals surface area contributed by atoms with E-state index in [2.05, 4.69) is 15.9 Å². The van der Waals surface area contributed by atoms with Crippen molar-refractivity contribution in [3.8, 4) is 0 Å². The molecule has 0 spiro atoms. The molecule has 0 radical (unpaired) electrons. The van der Waals surface area contributed by atoms with Crippen molar-refractivity contribution in [3.05, 3.63) is 33.5 Å². The molecule has 4 heteroatoms. The van der Waals surface area contributed by atoms with Crippen LogP contribution in [0.15, 0.2) is 16.6 Å². The van der Waals surface area contributed by atoms with Crippen LogP contribution in [-0.2, 0) is 0 Å². The number of carbonyl (C=O) groups is 1. The van der Waals surface area contributed by atoms with E-state index in [4.69, 9.17) is 5.73 Å². The number of rotatable bonds is 1. The molecule has 0 fully saturated rings. The summed E-state index contributed by atoms with van der Waals surface area (Å²) in [7, 11) is 0. The molecule has 0 saturated carbocycles. The standard InChI is InChI=1S/C8H7BrFNO/c1-4-2-5(10)3-6(9)7(4)8(11)12/h2-3H,1H3,(H2,11,12). The Balaban J connectivity index is 3.38. The smallest absolute Gasteiger partial charge is 0.250 e. The van der Waals surface area contributed by atoms with E-state index in [1.807, 2.05) is 0 Å². The van der Waals surface area contributed by atoms with Crippen LogP contribution >= 0.6 is 15.9 Å². The van der Waals surface area contributed by atoms with Gasteiger partial charge in [0.1, 0.15) is 5.82 Å². The summed E-state index contributed by atoms with van der Waals surface area (Å²) >= 11 is 3.06. The number of primary amides is 1. The molecule has 0 aliphatic rings. The van der Waals surface area contributed by atoms with Crippen molar-refractivity contribution < 1.29 is 9.18 Å². The number of halogens is 2. The summed E-state index contributed by atoms with van der Waals surface area (Å²) in [5.41, 5.74) is 5.94. The molecule has 0 saturated heterocycles. The van der Waals surface area contributed by atoms with Gasteiger partial charge in [-0.15, -0.1) is 0 Å². The number of nitrogens with two attached hydrogens (primary N) is 1. The van der Waals surface area contributed by atoms with Crippen LogP contribution in [0.1, 0.15) is 15.9 Å². The van der Waals surface area contributed by atoms with Crippen LogP contribution in [0.3, 0.4) is 0 Å². The maximum absolute atomic E-state index is 12.7. The minimum Gasteiger partial charge on any atom is -0.366 e. The lowest BCUT2D eigenvalue weighted by molar-refractivity contribution is 0.0999. The van der Waals surface area contributed by atoms with E-state index in [9.17, 15) is 9.18 Å². The lowest BCUT2D eigenvalue weighted by Gasteiger charge is -2.03. The number of aryl methyl sites for hydroxylation is 1. The van der Waals surface area contributed by atoms with Crippen LogP contribution in [0.4, 0.5) is 4.39 Å². The van der Waals surface area contributed by atoms with Crippen molar-refractivity contribution >= 4 is 21.8 Å². The van der Waals surface area contributed by atoms with Crippen molar-refractivity contribution in [1.82, 2.24) is 0 Å². The second-order valence-corrected chi connectivity index (χ2v) is 3.30. The molecule has 64 valence electrons. The molecule has 0 aromatic heterocycles. The normalized spacial score (nSPS) is 9.92. The van der Waals surface area contributed by atoms with E-state index in [1.165, 1.54) is 12.1 Å². The first-order chi connectivity index (χ1) is 5.52. The Hall–Kier alpha value is -0.900. The molecular weight excluding hydrogens is 225 g/mol. The molecule has 1 aromatic carbocycles. The second-order valence-electron chi connectivity index (χ2n) is 2.44. The summed E-state index contributed by atoms with van der Waals surface area (Å²) in [5, 5.41) is 0. The molecule has 1 amide bonds. The molecule has 2 nitrogen and oxygen atoms in total. The molecule has 0 bridgehead atoms. The van der Waals surface area contributed by atoms with Gasteiger partial charge in [-0.3, -0.25) is 4.79 Å². The highest BCUT2D eigenvalue weighted by Gasteiger charge is 2.10. The Bertz CT molecular complexity index is 315. The average molecular weight is 232 g/mol. The van der Waals surface area contributed by atoms with Gasteiger partial charge in [0.15, 0.2) is 0 Å². The molecule has 0 aliphatic heterocycles. The SMILES string of the molecule is Cc1cc(F)cc(Br)c1C(N)=O. The third-order valence-corrected chi connectivity index (χ3v) is 2.12. The van der Waals surface area contributed by atoms with Crippen molar-refractivity contribution in [3.63, 3.8) is 0 Å². The minimum absolute atomic E-state index is 0.330. The van der Waals surface area contributed by atoms with Gasteiger partial charge in [-0.1, -0.05) is 0 Å². The third-order valence-electron chi connectivity index (χ3n) is 1.50.